The van der Waals surface area contributed by atoms with Gasteiger partial charge in [-0.3, -0.25) is 4.90 Å². The van der Waals surface area contributed by atoms with Crippen LogP contribution in [0.4, 0.5) is 0 Å². The normalized spacial score (nSPS) is 23.6. The van der Waals surface area contributed by atoms with Gasteiger partial charge in [-0.05, 0) is 25.9 Å². The van der Waals surface area contributed by atoms with Crippen LogP contribution in [0.3, 0.4) is 0 Å². The Morgan fingerprint density at radius 1 is 1.43 bits per heavy atom. The molecule has 0 bridgehead atoms. The highest BCUT2D eigenvalue weighted by Gasteiger charge is 2.23. The standard InChI is InChI=1S/C10H22N2O2/c1-2-12-5-3-4-10(12)6-11-9(7-13)8-14/h9-11,13-14H,2-8H2,1H3. The van der Waals surface area contributed by atoms with Gasteiger partial charge in [-0.15, -0.1) is 0 Å². The molecule has 3 N–H and O–H groups in total. The van der Waals surface area contributed by atoms with Crippen molar-refractivity contribution in [3.05, 3.63) is 0 Å². The van der Waals surface area contributed by atoms with E-state index in [0.717, 1.165) is 13.1 Å². The number of nitrogens with zero attached hydrogens (tertiary/aromatic N) is 1. The smallest absolute Gasteiger partial charge is 0.0607 e. The molecular formula is C10H22N2O2. The van der Waals surface area contributed by atoms with E-state index in [1.54, 1.807) is 0 Å². The van der Waals surface area contributed by atoms with E-state index < -0.39 is 0 Å². The molecule has 1 saturated heterocycles. The summed E-state index contributed by atoms with van der Waals surface area (Å²) in [5.41, 5.74) is 0. The summed E-state index contributed by atoms with van der Waals surface area (Å²) in [7, 11) is 0. The van der Waals surface area contributed by atoms with Gasteiger partial charge < -0.3 is 15.5 Å². The van der Waals surface area contributed by atoms with Crippen LogP contribution in [0.15, 0.2) is 0 Å². The lowest BCUT2D eigenvalue weighted by molar-refractivity contribution is 0.160. The zero-order valence-corrected chi connectivity index (χ0v) is 8.95. The van der Waals surface area contributed by atoms with Gasteiger partial charge in [0.05, 0.1) is 19.3 Å². The monoisotopic (exact) mass is 202 g/mol. The molecular weight excluding hydrogens is 180 g/mol. The van der Waals surface area contributed by atoms with Gasteiger partial charge in [0.2, 0.25) is 0 Å². The summed E-state index contributed by atoms with van der Waals surface area (Å²) in [4.78, 5) is 2.44. The first-order chi connectivity index (χ1) is 6.81. The second-order valence-corrected chi connectivity index (χ2v) is 3.89. The van der Waals surface area contributed by atoms with Gasteiger partial charge in [0.25, 0.3) is 0 Å². The number of likely N-dealkylation sites (tertiary alicyclic amines) is 1. The maximum atomic E-state index is 8.89. The van der Waals surface area contributed by atoms with Gasteiger partial charge in [0, 0.05) is 12.6 Å². The van der Waals surface area contributed by atoms with E-state index in [-0.39, 0.29) is 19.3 Å². The molecule has 1 aliphatic heterocycles. The average Bonchev–Trinajstić information content (AvgIpc) is 2.67. The van der Waals surface area contributed by atoms with Crippen LogP contribution in [-0.2, 0) is 0 Å². The highest BCUT2D eigenvalue weighted by molar-refractivity contribution is 4.81. The van der Waals surface area contributed by atoms with Crippen LogP contribution in [0, 0.1) is 0 Å². The summed E-state index contributed by atoms with van der Waals surface area (Å²) in [5.74, 6) is 0. The fourth-order valence-electron chi connectivity index (χ4n) is 2.03. The van der Waals surface area contributed by atoms with Crippen molar-refractivity contribution in [3.63, 3.8) is 0 Å². The van der Waals surface area contributed by atoms with Crippen molar-refractivity contribution in [2.45, 2.75) is 31.8 Å². The SMILES string of the molecule is CCN1CCCC1CNC(CO)CO. The highest BCUT2D eigenvalue weighted by atomic mass is 16.3. The van der Waals surface area contributed by atoms with Crippen molar-refractivity contribution in [2.75, 3.05) is 32.8 Å². The summed E-state index contributed by atoms with van der Waals surface area (Å²) < 4.78 is 0. The summed E-state index contributed by atoms with van der Waals surface area (Å²) in [6, 6.07) is 0.426. The third-order valence-corrected chi connectivity index (χ3v) is 2.99. The molecule has 1 atom stereocenters. The Hall–Kier alpha value is -0.160. The summed E-state index contributed by atoms with van der Waals surface area (Å²) in [6.45, 7) is 5.35. The Bertz CT molecular complexity index is 151. The summed E-state index contributed by atoms with van der Waals surface area (Å²) in [5, 5.41) is 21.0. The minimum Gasteiger partial charge on any atom is -0.395 e. The first-order valence-corrected chi connectivity index (χ1v) is 5.51. The molecule has 1 fully saturated rings. The number of aliphatic hydroxyl groups is 2. The second-order valence-electron chi connectivity index (χ2n) is 3.89. The molecule has 0 aromatic rings. The second kappa shape index (κ2) is 6.35. The zero-order chi connectivity index (χ0) is 10.4. The molecule has 0 amide bonds. The van der Waals surface area contributed by atoms with Crippen LogP contribution in [0.5, 0.6) is 0 Å². The highest BCUT2D eigenvalue weighted by Crippen LogP contribution is 2.15. The van der Waals surface area contributed by atoms with Crippen molar-refractivity contribution in [1.29, 1.82) is 0 Å². The average molecular weight is 202 g/mol. The van der Waals surface area contributed by atoms with E-state index in [1.807, 2.05) is 0 Å². The molecule has 0 saturated carbocycles. The zero-order valence-electron chi connectivity index (χ0n) is 8.95. The molecule has 4 nitrogen and oxygen atoms in total. The maximum Gasteiger partial charge on any atom is 0.0607 e. The summed E-state index contributed by atoms with van der Waals surface area (Å²) >= 11 is 0. The molecule has 0 spiro atoms. The van der Waals surface area contributed by atoms with E-state index >= 15 is 0 Å². The Balaban J connectivity index is 2.22. The molecule has 1 rings (SSSR count). The van der Waals surface area contributed by atoms with Crippen LogP contribution in [0.2, 0.25) is 0 Å². The van der Waals surface area contributed by atoms with Crippen molar-refractivity contribution >= 4 is 0 Å². The fourth-order valence-corrected chi connectivity index (χ4v) is 2.03. The van der Waals surface area contributed by atoms with E-state index in [2.05, 4.69) is 17.1 Å². The minimum atomic E-state index is -0.158. The molecule has 1 unspecified atom stereocenters. The Kier molecular flexibility index (Phi) is 5.40. The number of hydrogen-bond acceptors (Lipinski definition) is 4. The number of rotatable bonds is 6. The maximum absolute atomic E-state index is 8.89. The number of likely N-dealkylation sites (N-methyl/N-ethyl adjacent to an activating group) is 1. The molecule has 14 heavy (non-hydrogen) atoms. The predicted octanol–water partition coefficient (Wildman–Crippen LogP) is -0.586. The molecule has 1 heterocycles. The minimum absolute atomic E-state index is 0.00927. The van der Waals surface area contributed by atoms with E-state index in [0.29, 0.717) is 6.04 Å². The predicted molar refractivity (Wildman–Crippen MR) is 56.2 cm³/mol. The van der Waals surface area contributed by atoms with Crippen molar-refractivity contribution in [1.82, 2.24) is 10.2 Å². The third-order valence-electron chi connectivity index (χ3n) is 2.99. The molecule has 0 radical (unpaired) electrons. The van der Waals surface area contributed by atoms with Gasteiger partial charge in [-0.1, -0.05) is 6.92 Å². The van der Waals surface area contributed by atoms with Crippen molar-refractivity contribution in [2.24, 2.45) is 0 Å². The van der Waals surface area contributed by atoms with Gasteiger partial charge in [-0.2, -0.15) is 0 Å². The molecule has 84 valence electrons. The van der Waals surface area contributed by atoms with E-state index in [1.165, 1.54) is 19.4 Å². The fraction of sp³-hybridized carbons (Fsp3) is 1.00. The quantitative estimate of drug-likeness (QED) is 0.539. The lowest BCUT2D eigenvalue weighted by Crippen LogP contribution is -2.44. The number of aliphatic hydroxyl groups excluding tert-OH is 2. The lowest BCUT2D eigenvalue weighted by atomic mass is 10.2. The first kappa shape index (κ1) is 11.9. The van der Waals surface area contributed by atoms with Crippen LogP contribution in [-0.4, -0.2) is 60.0 Å². The van der Waals surface area contributed by atoms with Gasteiger partial charge >= 0.3 is 0 Å². The van der Waals surface area contributed by atoms with Gasteiger partial charge in [0.15, 0.2) is 0 Å². The van der Waals surface area contributed by atoms with Crippen LogP contribution in [0.25, 0.3) is 0 Å². The number of nitrogens with one attached hydrogen (secondary N) is 1. The topological polar surface area (TPSA) is 55.7 Å². The van der Waals surface area contributed by atoms with Crippen molar-refractivity contribution < 1.29 is 10.2 Å². The molecule has 0 aromatic heterocycles. The van der Waals surface area contributed by atoms with Crippen LogP contribution in [0.1, 0.15) is 19.8 Å². The van der Waals surface area contributed by atoms with Gasteiger partial charge in [-0.25, -0.2) is 0 Å². The van der Waals surface area contributed by atoms with Crippen LogP contribution < -0.4 is 5.32 Å². The first-order valence-electron chi connectivity index (χ1n) is 5.51. The number of hydrogen-bond donors (Lipinski definition) is 3. The van der Waals surface area contributed by atoms with E-state index in [4.69, 9.17) is 10.2 Å². The van der Waals surface area contributed by atoms with Crippen LogP contribution >= 0.6 is 0 Å². The molecule has 1 aliphatic rings. The Labute approximate surface area is 85.9 Å². The molecule has 0 aliphatic carbocycles. The third kappa shape index (κ3) is 3.20. The Morgan fingerprint density at radius 2 is 2.14 bits per heavy atom. The lowest BCUT2D eigenvalue weighted by Gasteiger charge is -2.24. The molecule has 4 heteroatoms. The van der Waals surface area contributed by atoms with Gasteiger partial charge in [0.1, 0.15) is 0 Å². The van der Waals surface area contributed by atoms with Crippen molar-refractivity contribution in [3.8, 4) is 0 Å². The molecule has 0 aromatic carbocycles. The summed E-state index contributed by atoms with van der Waals surface area (Å²) in [6.07, 6.45) is 2.49. The largest absolute Gasteiger partial charge is 0.395 e. The Morgan fingerprint density at radius 3 is 2.71 bits per heavy atom. The van der Waals surface area contributed by atoms with E-state index in [9.17, 15) is 0 Å².